The molecule has 2 rings (SSSR count). The van der Waals surface area contributed by atoms with Gasteiger partial charge in [0.25, 0.3) is 5.69 Å². The first-order valence-corrected chi connectivity index (χ1v) is 6.63. The number of nitro benzene ring substituents is 1. The standard InChI is InChI=1S/C17H15NO4/c1-12-7-10-17(22-2)14(11-12)16(19)9-8-13-5-3-4-6-15(13)18(20)21/h3-11H,1-2H3/b9-8+. The lowest BCUT2D eigenvalue weighted by Crippen LogP contribution is -1.99. The number of para-hydroxylation sites is 1. The number of carbonyl (C=O) groups excluding carboxylic acids is 1. The van der Waals surface area contributed by atoms with Crippen molar-refractivity contribution in [2.75, 3.05) is 7.11 Å². The quantitative estimate of drug-likeness (QED) is 0.364. The van der Waals surface area contributed by atoms with Crippen molar-refractivity contribution in [2.45, 2.75) is 6.92 Å². The molecular formula is C17H15NO4. The highest BCUT2D eigenvalue weighted by atomic mass is 16.6. The normalized spacial score (nSPS) is 10.6. The predicted molar refractivity (Wildman–Crippen MR) is 84.2 cm³/mol. The third-order valence-corrected chi connectivity index (χ3v) is 3.17. The molecule has 0 heterocycles. The first-order chi connectivity index (χ1) is 10.5. The lowest BCUT2D eigenvalue weighted by atomic mass is 10.0. The first kappa shape index (κ1) is 15.4. The fraction of sp³-hybridized carbons (Fsp3) is 0.118. The fourth-order valence-electron chi connectivity index (χ4n) is 2.06. The predicted octanol–water partition coefficient (Wildman–Crippen LogP) is 3.81. The molecular weight excluding hydrogens is 282 g/mol. The third kappa shape index (κ3) is 3.38. The first-order valence-electron chi connectivity index (χ1n) is 6.63. The summed E-state index contributed by atoms with van der Waals surface area (Å²) in [6, 6.07) is 11.6. The smallest absolute Gasteiger partial charge is 0.276 e. The van der Waals surface area contributed by atoms with Crippen molar-refractivity contribution in [1.82, 2.24) is 0 Å². The molecule has 0 unspecified atom stereocenters. The summed E-state index contributed by atoms with van der Waals surface area (Å²) < 4.78 is 5.17. The molecule has 2 aromatic carbocycles. The third-order valence-electron chi connectivity index (χ3n) is 3.17. The molecule has 0 aliphatic rings. The molecule has 22 heavy (non-hydrogen) atoms. The highest BCUT2D eigenvalue weighted by molar-refractivity contribution is 6.08. The van der Waals surface area contributed by atoms with Gasteiger partial charge in [0, 0.05) is 6.07 Å². The number of nitro groups is 1. The molecule has 0 saturated carbocycles. The van der Waals surface area contributed by atoms with Crippen molar-refractivity contribution in [3.05, 3.63) is 75.3 Å². The summed E-state index contributed by atoms with van der Waals surface area (Å²) in [5.41, 5.74) is 1.70. The van der Waals surface area contributed by atoms with Gasteiger partial charge in [-0.05, 0) is 37.3 Å². The van der Waals surface area contributed by atoms with E-state index in [0.29, 0.717) is 16.9 Å². The maximum Gasteiger partial charge on any atom is 0.276 e. The molecule has 0 N–H and O–H groups in total. The Bertz CT molecular complexity index is 750. The second-order valence-corrected chi connectivity index (χ2v) is 4.72. The van der Waals surface area contributed by atoms with E-state index in [2.05, 4.69) is 0 Å². The van der Waals surface area contributed by atoms with Crippen molar-refractivity contribution in [2.24, 2.45) is 0 Å². The van der Waals surface area contributed by atoms with Gasteiger partial charge in [0.15, 0.2) is 5.78 Å². The van der Waals surface area contributed by atoms with E-state index >= 15 is 0 Å². The number of allylic oxidation sites excluding steroid dienone is 1. The molecule has 0 atom stereocenters. The Morgan fingerprint density at radius 3 is 2.64 bits per heavy atom. The number of rotatable bonds is 5. The van der Waals surface area contributed by atoms with Crippen LogP contribution in [0, 0.1) is 17.0 Å². The average Bonchev–Trinajstić information content (AvgIpc) is 2.52. The lowest BCUT2D eigenvalue weighted by Gasteiger charge is -2.06. The van der Waals surface area contributed by atoms with Crippen LogP contribution in [0.3, 0.4) is 0 Å². The van der Waals surface area contributed by atoms with Crippen molar-refractivity contribution in [3.8, 4) is 5.75 Å². The lowest BCUT2D eigenvalue weighted by molar-refractivity contribution is -0.385. The van der Waals surface area contributed by atoms with E-state index in [1.165, 1.54) is 25.3 Å². The number of nitrogens with zero attached hydrogens (tertiary/aromatic N) is 1. The molecule has 112 valence electrons. The van der Waals surface area contributed by atoms with Crippen LogP contribution in [0.4, 0.5) is 5.69 Å². The summed E-state index contributed by atoms with van der Waals surface area (Å²) in [5, 5.41) is 10.9. The van der Waals surface area contributed by atoms with Gasteiger partial charge in [0.05, 0.1) is 23.2 Å². The molecule has 0 fully saturated rings. The van der Waals surface area contributed by atoms with Gasteiger partial charge in [0.1, 0.15) is 5.75 Å². The number of carbonyl (C=O) groups is 1. The Morgan fingerprint density at radius 2 is 1.95 bits per heavy atom. The summed E-state index contributed by atoms with van der Waals surface area (Å²) in [7, 11) is 1.49. The zero-order valence-electron chi connectivity index (χ0n) is 12.3. The number of ketones is 1. The van der Waals surface area contributed by atoms with Crippen LogP contribution in [-0.2, 0) is 0 Å². The Morgan fingerprint density at radius 1 is 1.23 bits per heavy atom. The maximum absolute atomic E-state index is 12.3. The monoisotopic (exact) mass is 297 g/mol. The molecule has 2 aromatic rings. The van der Waals surface area contributed by atoms with Crippen LogP contribution in [0.25, 0.3) is 6.08 Å². The summed E-state index contributed by atoms with van der Waals surface area (Å²) in [6.45, 7) is 1.88. The molecule has 0 bridgehead atoms. The molecule has 0 spiro atoms. The summed E-state index contributed by atoms with van der Waals surface area (Å²) in [4.78, 5) is 22.8. The van der Waals surface area contributed by atoms with Crippen LogP contribution in [0.15, 0.2) is 48.5 Å². The van der Waals surface area contributed by atoms with Crippen molar-refractivity contribution in [3.63, 3.8) is 0 Å². The van der Waals surface area contributed by atoms with Gasteiger partial charge in [-0.15, -0.1) is 0 Å². The molecule has 0 aromatic heterocycles. The van der Waals surface area contributed by atoms with Crippen LogP contribution in [0.5, 0.6) is 5.75 Å². The Labute approximate surface area is 128 Å². The second kappa shape index (κ2) is 6.67. The minimum absolute atomic E-state index is 0.0391. The zero-order chi connectivity index (χ0) is 16.1. The van der Waals surface area contributed by atoms with E-state index in [0.717, 1.165) is 5.56 Å². The number of hydrogen-bond acceptors (Lipinski definition) is 4. The molecule has 5 nitrogen and oxygen atoms in total. The highest BCUT2D eigenvalue weighted by Gasteiger charge is 2.12. The molecule has 0 aliphatic heterocycles. The SMILES string of the molecule is COc1ccc(C)cc1C(=O)/C=C/c1ccccc1[N+](=O)[O-]. The maximum atomic E-state index is 12.3. The van der Waals surface area contributed by atoms with E-state index in [1.807, 2.05) is 13.0 Å². The van der Waals surface area contributed by atoms with Crippen molar-refractivity contribution >= 4 is 17.5 Å². The molecule has 0 saturated heterocycles. The fourth-order valence-corrected chi connectivity index (χ4v) is 2.06. The van der Waals surface area contributed by atoms with Crippen LogP contribution in [0.2, 0.25) is 0 Å². The number of ether oxygens (including phenoxy) is 1. The van der Waals surface area contributed by atoms with Crippen molar-refractivity contribution in [1.29, 1.82) is 0 Å². The van der Waals surface area contributed by atoms with Crippen LogP contribution < -0.4 is 4.74 Å². The van der Waals surface area contributed by atoms with Gasteiger partial charge >= 0.3 is 0 Å². The van der Waals surface area contributed by atoms with Crippen molar-refractivity contribution < 1.29 is 14.5 Å². The zero-order valence-corrected chi connectivity index (χ0v) is 12.3. The molecule has 5 heteroatoms. The van der Waals surface area contributed by atoms with Gasteiger partial charge in [-0.3, -0.25) is 14.9 Å². The summed E-state index contributed by atoms with van der Waals surface area (Å²) in [5.74, 6) is 0.210. The van der Waals surface area contributed by atoms with Gasteiger partial charge in [0.2, 0.25) is 0 Å². The van der Waals surface area contributed by atoms with E-state index in [1.54, 1.807) is 30.3 Å². The van der Waals surface area contributed by atoms with Crippen LogP contribution >= 0.6 is 0 Å². The minimum atomic E-state index is -0.475. The van der Waals surface area contributed by atoms with E-state index in [9.17, 15) is 14.9 Å². The Balaban J connectivity index is 2.33. The number of hydrogen-bond donors (Lipinski definition) is 0. The molecule has 0 radical (unpaired) electrons. The largest absolute Gasteiger partial charge is 0.496 e. The topological polar surface area (TPSA) is 69.4 Å². The van der Waals surface area contributed by atoms with Gasteiger partial charge in [-0.1, -0.05) is 23.8 Å². The van der Waals surface area contributed by atoms with Gasteiger partial charge < -0.3 is 4.74 Å². The second-order valence-electron chi connectivity index (χ2n) is 4.72. The molecule has 0 amide bonds. The van der Waals surface area contributed by atoms with Gasteiger partial charge in [-0.2, -0.15) is 0 Å². The van der Waals surface area contributed by atoms with Crippen LogP contribution in [0.1, 0.15) is 21.5 Å². The van der Waals surface area contributed by atoms with Crippen LogP contribution in [-0.4, -0.2) is 17.8 Å². The molecule has 0 aliphatic carbocycles. The van der Waals surface area contributed by atoms with E-state index in [4.69, 9.17) is 4.74 Å². The summed E-state index contributed by atoms with van der Waals surface area (Å²) in [6.07, 6.45) is 2.77. The number of methoxy groups -OCH3 is 1. The van der Waals surface area contributed by atoms with E-state index in [-0.39, 0.29) is 11.5 Å². The number of benzene rings is 2. The highest BCUT2D eigenvalue weighted by Crippen LogP contribution is 2.22. The Kier molecular flexibility index (Phi) is 4.68. The minimum Gasteiger partial charge on any atom is -0.496 e. The Hall–Kier alpha value is -2.95. The summed E-state index contributed by atoms with van der Waals surface area (Å²) >= 11 is 0. The number of aryl methyl sites for hydroxylation is 1. The van der Waals surface area contributed by atoms with E-state index < -0.39 is 4.92 Å². The van der Waals surface area contributed by atoms with Gasteiger partial charge in [-0.25, -0.2) is 0 Å². The average molecular weight is 297 g/mol.